The number of amides is 2. The summed E-state index contributed by atoms with van der Waals surface area (Å²) in [4.78, 5) is 23.9. The molecule has 1 aromatic heterocycles. The van der Waals surface area contributed by atoms with Crippen LogP contribution in [0.5, 0.6) is 0 Å². The summed E-state index contributed by atoms with van der Waals surface area (Å²) in [7, 11) is 0. The number of rotatable bonds is 5. The minimum Gasteiger partial charge on any atom is -0.467 e. The summed E-state index contributed by atoms with van der Waals surface area (Å²) in [6.07, 6.45) is 3.10. The van der Waals surface area contributed by atoms with Crippen molar-refractivity contribution in [1.29, 1.82) is 0 Å². The highest BCUT2D eigenvalue weighted by molar-refractivity contribution is 6.39. The molecule has 0 saturated heterocycles. The zero-order chi connectivity index (χ0) is 15.9. The molecule has 22 heavy (non-hydrogen) atoms. The van der Waals surface area contributed by atoms with Crippen LogP contribution in [-0.4, -0.2) is 11.8 Å². The third kappa shape index (κ3) is 3.75. The normalized spacial score (nSPS) is 10.3. The maximum atomic E-state index is 12.1. The van der Waals surface area contributed by atoms with Gasteiger partial charge in [-0.15, -0.1) is 0 Å². The molecule has 0 fully saturated rings. The predicted molar refractivity (Wildman–Crippen MR) is 84.4 cm³/mol. The molecule has 0 aliphatic heterocycles. The van der Waals surface area contributed by atoms with Gasteiger partial charge < -0.3 is 15.1 Å². The summed E-state index contributed by atoms with van der Waals surface area (Å²) < 4.78 is 5.11. The number of hydrogen-bond donors (Lipinski definition) is 2. The van der Waals surface area contributed by atoms with E-state index >= 15 is 0 Å². The van der Waals surface area contributed by atoms with E-state index in [1.54, 1.807) is 12.1 Å². The largest absolute Gasteiger partial charge is 0.467 e. The highest BCUT2D eigenvalue weighted by Gasteiger charge is 2.16. The van der Waals surface area contributed by atoms with Gasteiger partial charge in [0.15, 0.2) is 0 Å². The number of carbonyl (C=O) groups is 2. The number of hydrogen-bond acceptors (Lipinski definition) is 3. The molecule has 0 saturated carbocycles. The van der Waals surface area contributed by atoms with Crippen molar-refractivity contribution in [3.05, 3.63) is 53.5 Å². The second-order valence-electron chi connectivity index (χ2n) is 4.87. The summed E-state index contributed by atoms with van der Waals surface area (Å²) in [5.41, 5.74) is 2.78. The van der Waals surface area contributed by atoms with Gasteiger partial charge in [-0.05, 0) is 36.1 Å². The van der Waals surface area contributed by atoms with Crippen LogP contribution in [0.15, 0.2) is 41.0 Å². The molecule has 2 N–H and O–H groups in total. The van der Waals surface area contributed by atoms with E-state index in [0.717, 1.165) is 29.7 Å². The van der Waals surface area contributed by atoms with E-state index in [4.69, 9.17) is 4.42 Å². The Hall–Kier alpha value is -2.56. The second kappa shape index (κ2) is 7.45. The molecule has 0 radical (unpaired) electrons. The molecular formula is C17H20N2O3. The average molecular weight is 300 g/mol. The van der Waals surface area contributed by atoms with Crippen LogP contribution in [0.2, 0.25) is 0 Å². The molecule has 0 aliphatic carbocycles. The zero-order valence-electron chi connectivity index (χ0n) is 12.8. The Morgan fingerprint density at radius 2 is 1.68 bits per heavy atom. The minimum absolute atomic E-state index is 0.190. The lowest BCUT2D eigenvalue weighted by Crippen LogP contribution is -2.35. The fraction of sp³-hybridized carbons (Fsp3) is 0.294. The molecule has 0 aliphatic rings. The smallest absolute Gasteiger partial charge is 0.313 e. The molecule has 0 unspecified atom stereocenters. The van der Waals surface area contributed by atoms with Crippen molar-refractivity contribution >= 4 is 17.5 Å². The van der Waals surface area contributed by atoms with Crippen LogP contribution in [0.4, 0.5) is 5.69 Å². The van der Waals surface area contributed by atoms with Crippen molar-refractivity contribution in [1.82, 2.24) is 5.32 Å². The van der Waals surface area contributed by atoms with Crippen molar-refractivity contribution in [3.63, 3.8) is 0 Å². The Labute approximate surface area is 129 Å². The standard InChI is InChI=1S/C17H20N2O3/c1-3-12-7-5-8-13(4-2)15(12)19-17(21)16(20)18-11-14-9-6-10-22-14/h5-10H,3-4,11H2,1-2H3,(H,18,20)(H,19,21). The number of furan rings is 1. The summed E-state index contributed by atoms with van der Waals surface area (Å²) in [6.45, 7) is 4.22. The Kier molecular flexibility index (Phi) is 5.36. The quantitative estimate of drug-likeness (QED) is 0.834. The van der Waals surface area contributed by atoms with Crippen LogP contribution < -0.4 is 10.6 Å². The first-order chi connectivity index (χ1) is 10.7. The molecule has 5 heteroatoms. The number of para-hydroxylation sites is 1. The highest BCUT2D eigenvalue weighted by atomic mass is 16.3. The summed E-state index contributed by atoms with van der Waals surface area (Å²) in [6, 6.07) is 9.34. The first-order valence-corrected chi connectivity index (χ1v) is 7.38. The lowest BCUT2D eigenvalue weighted by Gasteiger charge is -2.14. The number of carbonyl (C=O) groups excluding carboxylic acids is 2. The van der Waals surface area contributed by atoms with Gasteiger partial charge in [0, 0.05) is 5.69 Å². The molecule has 2 amide bonds. The number of benzene rings is 1. The van der Waals surface area contributed by atoms with Crippen molar-refractivity contribution in [2.75, 3.05) is 5.32 Å². The SMILES string of the molecule is CCc1cccc(CC)c1NC(=O)C(=O)NCc1ccco1. The van der Waals surface area contributed by atoms with Crippen molar-refractivity contribution in [3.8, 4) is 0 Å². The Morgan fingerprint density at radius 1 is 1.00 bits per heavy atom. The maximum absolute atomic E-state index is 12.1. The molecule has 5 nitrogen and oxygen atoms in total. The van der Waals surface area contributed by atoms with Crippen LogP contribution in [0.25, 0.3) is 0 Å². The first kappa shape index (κ1) is 15.8. The van der Waals surface area contributed by atoms with E-state index in [0.29, 0.717) is 5.76 Å². The van der Waals surface area contributed by atoms with E-state index < -0.39 is 11.8 Å². The van der Waals surface area contributed by atoms with Crippen molar-refractivity contribution in [2.24, 2.45) is 0 Å². The first-order valence-electron chi connectivity index (χ1n) is 7.38. The molecule has 2 aromatic rings. The van der Waals surface area contributed by atoms with Gasteiger partial charge in [0.2, 0.25) is 0 Å². The van der Waals surface area contributed by atoms with E-state index in [2.05, 4.69) is 10.6 Å². The van der Waals surface area contributed by atoms with Gasteiger partial charge in [-0.1, -0.05) is 32.0 Å². The minimum atomic E-state index is -0.677. The highest BCUT2D eigenvalue weighted by Crippen LogP contribution is 2.22. The molecule has 2 rings (SSSR count). The van der Waals surface area contributed by atoms with Gasteiger partial charge >= 0.3 is 11.8 Å². The van der Waals surface area contributed by atoms with Gasteiger partial charge in [0.25, 0.3) is 0 Å². The Morgan fingerprint density at radius 3 is 2.23 bits per heavy atom. The fourth-order valence-electron chi connectivity index (χ4n) is 2.23. The molecule has 0 spiro atoms. The Balaban J connectivity index is 2.03. The van der Waals surface area contributed by atoms with Gasteiger partial charge in [0.05, 0.1) is 12.8 Å². The van der Waals surface area contributed by atoms with Gasteiger partial charge in [-0.3, -0.25) is 9.59 Å². The zero-order valence-corrected chi connectivity index (χ0v) is 12.8. The van der Waals surface area contributed by atoms with E-state index in [9.17, 15) is 9.59 Å². The van der Waals surface area contributed by atoms with E-state index in [1.165, 1.54) is 6.26 Å². The average Bonchev–Trinajstić information content (AvgIpc) is 3.06. The maximum Gasteiger partial charge on any atom is 0.313 e. The van der Waals surface area contributed by atoms with Gasteiger partial charge in [0.1, 0.15) is 5.76 Å². The molecule has 0 bridgehead atoms. The molecule has 0 atom stereocenters. The number of anilines is 1. The molecule has 116 valence electrons. The summed E-state index contributed by atoms with van der Waals surface area (Å²) >= 11 is 0. The molecule has 1 heterocycles. The van der Waals surface area contributed by atoms with Crippen molar-refractivity contribution < 1.29 is 14.0 Å². The number of aryl methyl sites for hydroxylation is 2. The monoisotopic (exact) mass is 300 g/mol. The van der Waals surface area contributed by atoms with E-state index in [-0.39, 0.29) is 6.54 Å². The third-order valence-electron chi connectivity index (χ3n) is 3.45. The summed E-state index contributed by atoms with van der Waals surface area (Å²) in [5.74, 6) is -0.740. The van der Waals surface area contributed by atoms with Crippen LogP contribution >= 0.6 is 0 Å². The predicted octanol–water partition coefficient (Wildman–Crippen LogP) is 2.66. The lowest BCUT2D eigenvalue weighted by atomic mass is 10.0. The third-order valence-corrected chi connectivity index (χ3v) is 3.45. The fourth-order valence-corrected chi connectivity index (χ4v) is 2.23. The van der Waals surface area contributed by atoms with Crippen LogP contribution in [0.1, 0.15) is 30.7 Å². The number of nitrogens with one attached hydrogen (secondary N) is 2. The van der Waals surface area contributed by atoms with Crippen molar-refractivity contribution in [2.45, 2.75) is 33.2 Å². The second-order valence-corrected chi connectivity index (χ2v) is 4.87. The van der Waals surface area contributed by atoms with E-state index in [1.807, 2.05) is 32.0 Å². The Bertz CT molecular complexity index is 626. The van der Waals surface area contributed by atoms with Crippen LogP contribution in [-0.2, 0) is 29.0 Å². The van der Waals surface area contributed by atoms with Crippen LogP contribution in [0.3, 0.4) is 0 Å². The lowest BCUT2D eigenvalue weighted by molar-refractivity contribution is -0.136. The summed E-state index contributed by atoms with van der Waals surface area (Å²) in [5, 5.41) is 5.26. The topological polar surface area (TPSA) is 71.3 Å². The van der Waals surface area contributed by atoms with Gasteiger partial charge in [-0.25, -0.2) is 0 Å². The molecular weight excluding hydrogens is 280 g/mol. The van der Waals surface area contributed by atoms with Gasteiger partial charge in [-0.2, -0.15) is 0 Å². The van der Waals surface area contributed by atoms with Crippen LogP contribution in [0, 0.1) is 0 Å². The molecule has 1 aromatic carbocycles.